The van der Waals surface area contributed by atoms with Crippen molar-refractivity contribution in [2.45, 2.75) is 27.2 Å². The number of nitrogens with zero attached hydrogens (tertiary/aromatic N) is 1. The zero-order valence-electron chi connectivity index (χ0n) is 15.4. The standard InChI is InChI=1S/C21H22N2O2S/c1-13-9-15(3)18(10-14(13)2)19-12-26-21(23-19)11-20(24)22-16-5-7-17(25-4)8-6-16/h5-10,12H,11H2,1-4H3,(H,22,24). The highest BCUT2D eigenvalue weighted by Crippen LogP contribution is 2.28. The molecular weight excluding hydrogens is 344 g/mol. The number of methoxy groups -OCH3 is 1. The van der Waals surface area contributed by atoms with Crippen molar-refractivity contribution in [2.75, 3.05) is 12.4 Å². The average molecular weight is 366 g/mol. The number of benzene rings is 2. The van der Waals surface area contributed by atoms with E-state index >= 15 is 0 Å². The van der Waals surface area contributed by atoms with Gasteiger partial charge >= 0.3 is 0 Å². The molecule has 1 amide bonds. The molecule has 5 heteroatoms. The summed E-state index contributed by atoms with van der Waals surface area (Å²) in [7, 11) is 1.62. The number of rotatable bonds is 5. The van der Waals surface area contributed by atoms with Crippen LogP contribution in [0, 0.1) is 20.8 Å². The lowest BCUT2D eigenvalue weighted by Gasteiger charge is -2.07. The van der Waals surface area contributed by atoms with Crippen LogP contribution in [0.1, 0.15) is 21.7 Å². The first-order chi connectivity index (χ1) is 12.5. The average Bonchev–Trinajstić information content (AvgIpc) is 3.06. The van der Waals surface area contributed by atoms with Crippen LogP contribution in [0.5, 0.6) is 5.75 Å². The highest BCUT2D eigenvalue weighted by atomic mass is 32.1. The maximum Gasteiger partial charge on any atom is 0.231 e. The summed E-state index contributed by atoms with van der Waals surface area (Å²) in [4.78, 5) is 16.9. The number of carbonyl (C=O) groups excluding carboxylic acids is 1. The number of ether oxygens (including phenoxy) is 1. The molecule has 0 aliphatic rings. The predicted molar refractivity (Wildman–Crippen MR) is 107 cm³/mol. The van der Waals surface area contributed by atoms with Gasteiger partial charge in [-0.25, -0.2) is 4.98 Å². The van der Waals surface area contributed by atoms with E-state index in [1.165, 1.54) is 28.0 Å². The number of hydrogen-bond acceptors (Lipinski definition) is 4. The van der Waals surface area contributed by atoms with Gasteiger partial charge in [-0.2, -0.15) is 0 Å². The van der Waals surface area contributed by atoms with Crippen molar-refractivity contribution in [3.8, 4) is 17.0 Å². The molecule has 1 aromatic heterocycles. The van der Waals surface area contributed by atoms with Gasteiger partial charge in [0.15, 0.2) is 0 Å². The lowest BCUT2D eigenvalue weighted by atomic mass is 9.99. The normalized spacial score (nSPS) is 10.6. The van der Waals surface area contributed by atoms with Crippen LogP contribution < -0.4 is 10.1 Å². The topological polar surface area (TPSA) is 51.2 Å². The third kappa shape index (κ3) is 4.11. The number of hydrogen-bond donors (Lipinski definition) is 1. The summed E-state index contributed by atoms with van der Waals surface area (Å²) in [5.74, 6) is 0.684. The van der Waals surface area contributed by atoms with Gasteiger partial charge in [-0.15, -0.1) is 11.3 Å². The van der Waals surface area contributed by atoms with Crippen molar-refractivity contribution in [1.29, 1.82) is 0 Å². The van der Waals surface area contributed by atoms with Gasteiger partial charge in [0.25, 0.3) is 0 Å². The number of carbonyl (C=O) groups is 1. The molecule has 26 heavy (non-hydrogen) atoms. The quantitative estimate of drug-likeness (QED) is 0.697. The van der Waals surface area contributed by atoms with Crippen molar-refractivity contribution in [2.24, 2.45) is 0 Å². The van der Waals surface area contributed by atoms with Gasteiger partial charge < -0.3 is 10.1 Å². The predicted octanol–water partition coefficient (Wildman–Crippen LogP) is 4.93. The summed E-state index contributed by atoms with van der Waals surface area (Å²) >= 11 is 1.52. The van der Waals surface area contributed by atoms with Gasteiger partial charge in [-0.1, -0.05) is 6.07 Å². The van der Waals surface area contributed by atoms with E-state index in [-0.39, 0.29) is 12.3 Å². The van der Waals surface area contributed by atoms with Crippen molar-refractivity contribution in [3.05, 3.63) is 63.5 Å². The Morgan fingerprint density at radius 3 is 2.46 bits per heavy atom. The van der Waals surface area contributed by atoms with E-state index in [4.69, 9.17) is 4.74 Å². The summed E-state index contributed by atoms with van der Waals surface area (Å²) in [6, 6.07) is 11.6. The molecule has 4 nitrogen and oxygen atoms in total. The fourth-order valence-electron chi connectivity index (χ4n) is 2.77. The van der Waals surface area contributed by atoms with Crippen molar-refractivity contribution in [3.63, 3.8) is 0 Å². The molecule has 0 saturated carbocycles. The first kappa shape index (κ1) is 18.1. The van der Waals surface area contributed by atoms with Crippen molar-refractivity contribution >= 4 is 22.9 Å². The maximum absolute atomic E-state index is 12.3. The van der Waals surface area contributed by atoms with Gasteiger partial charge in [0.2, 0.25) is 5.91 Å². The molecule has 0 saturated heterocycles. The SMILES string of the molecule is COc1ccc(NC(=O)Cc2nc(-c3cc(C)c(C)cc3C)cs2)cc1. The molecule has 0 radical (unpaired) electrons. The van der Waals surface area contributed by atoms with E-state index in [1.54, 1.807) is 7.11 Å². The van der Waals surface area contributed by atoms with Crippen LogP contribution in [0.2, 0.25) is 0 Å². The Morgan fingerprint density at radius 1 is 1.08 bits per heavy atom. The summed E-state index contributed by atoms with van der Waals surface area (Å²) in [5.41, 5.74) is 6.54. The fourth-order valence-corrected chi connectivity index (χ4v) is 3.56. The molecule has 1 heterocycles. The van der Waals surface area contributed by atoms with Crippen LogP contribution in [0.4, 0.5) is 5.69 Å². The number of aromatic nitrogens is 1. The van der Waals surface area contributed by atoms with Crippen LogP contribution in [0.15, 0.2) is 41.8 Å². The highest BCUT2D eigenvalue weighted by Gasteiger charge is 2.12. The van der Waals surface area contributed by atoms with E-state index in [0.717, 1.165) is 27.7 Å². The Hall–Kier alpha value is -2.66. The minimum absolute atomic E-state index is 0.0760. The minimum atomic E-state index is -0.0760. The number of nitrogens with one attached hydrogen (secondary N) is 1. The molecule has 0 unspecified atom stereocenters. The molecule has 1 N–H and O–H groups in total. The second kappa shape index (κ2) is 7.70. The second-order valence-electron chi connectivity index (χ2n) is 6.33. The molecule has 0 aliphatic heterocycles. The molecule has 0 spiro atoms. The number of aryl methyl sites for hydroxylation is 3. The van der Waals surface area contributed by atoms with Crippen LogP contribution in [-0.4, -0.2) is 18.0 Å². The van der Waals surface area contributed by atoms with E-state index in [9.17, 15) is 4.79 Å². The summed E-state index contributed by atoms with van der Waals surface area (Å²) in [6.07, 6.45) is 0.264. The molecule has 0 aliphatic carbocycles. The summed E-state index contributed by atoms with van der Waals surface area (Å²) in [6.45, 7) is 6.31. The largest absolute Gasteiger partial charge is 0.497 e. The Kier molecular flexibility index (Phi) is 5.38. The van der Waals surface area contributed by atoms with Gasteiger partial charge in [-0.3, -0.25) is 4.79 Å². The third-order valence-electron chi connectivity index (χ3n) is 4.35. The van der Waals surface area contributed by atoms with Gasteiger partial charge in [0.05, 0.1) is 19.2 Å². The van der Waals surface area contributed by atoms with Gasteiger partial charge in [0, 0.05) is 16.6 Å². The number of anilines is 1. The molecule has 3 aromatic rings. The first-order valence-corrected chi connectivity index (χ1v) is 9.31. The van der Waals surface area contributed by atoms with Crippen LogP contribution in [0.3, 0.4) is 0 Å². The lowest BCUT2D eigenvalue weighted by Crippen LogP contribution is -2.14. The molecule has 0 fully saturated rings. The summed E-state index contributed by atoms with van der Waals surface area (Å²) in [5, 5.41) is 5.72. The monoisotopic (exact) mass is 366 g/mol. The molecule has 134 valence electrons. The van der Waals surface area contributed by atoms with Crippen LogP contribution >= 0.6 is 11.3 Å². The van der Waals surface area contributed by atoms with E-state index in [1.807, 2.05) is 29.6 Å². The van der Waals surface area contributed by atoms with E-state index in [0.29, 0.717) is 0 Å². The molecule has 3 rings (SSSR count). The highest BCUT2D eigenvalue weighted by molar-refractivity contribution is 7.10. The molecule has 2 aromatic carbocycles. The Labute approximate surface area is 157 Å². The minimum Gasteiger partial charge on any atom is -0.497 e. The van der Waals surface area contributed by atoms with Crippen LogP contribution in [0.25, 0.3) is 11.3 Å². The maximum atomic E-state index is 12.3. The molecule has 0 bridgehead atoms. The van der Waals surface area contributed by atoms with Crippen molar-refractivity contribution < 1.29 is 9.53 Å². The van der Waals surface area contributed by atoms with E-state index in [2.05, 4.69) is 43.2 Å². The molecule has 0 atom stereocenters. The summed E-state index contributed by atoms with van der Waals surface area (Å²) < 4.78 is 5.12. The van der Waals surface area contributed by atoms with Gasteiger partial charge in [-0.05, 0) is 67.8 Å². The van der Waals surface area contributed by atoms with Crippen molar-refractivity contribution in [1.82, 2.24) is 4.98 Å². The molecular formula is C21H22N2O2S. The Balaban J connectivity index is 1.70. The smallest absolute Gasteiger partial charge is 0.231 e. The zero-order valence-corrected chi connectivity index (χ0v) is 16.2. The number of amides is 1. The Bertz CT molecular complexity index is 930. The third-order valence-corrected chi connectivity index (χ3v) is 5.20. The zero-order chi connectivity index (χ0) is 18.7. The number of thiazole rings is 1. The van der Waals surface area contributed by atoms with E-state index < -0.39 is 0 Å². The first-order valence-electron chi connectivity index (χ1n) is 8.43. The van der Waals surface area contributed by atoms with Gasteiger partial charge in [0.1, 0.15) is 10.8 Å². The van der Waals surface area contributed by atoms with Crippen LogP contribution in [-0.2, 0) is 11.2 Å². The lowest BCUT2D eigenvalue weighted by molar-refractivity contribution is -0.115. The fraction of sp³-hybridized carbons (Fsp3) is 0.238. The Morgan fingerprint density at radius 2 is 1.77 bits per heavy atom. The second-order valence-corrected chi connectivity index (χ2v) is 7.27.